The van der Waals surface area contributed by atoms with Gasteiger partial charge in [-0.05, 0) is 51.5 Å². The summed E-state index contributed by atoms with van der Waals surface area (Å²) in [6.07, 6.45) is 0. The van der Waals surface area contributed by atoms with Gasteiger partial charge in [0.25, 0.3) is 5.91 Å². The van der Waals surface area contributed by atoms with Gasteiger partial charge in [0.05, 0.1) is 10.9 Å². The number of amides is 1. The second-order valence-electron chi connectivity index (χ2n) is 6.99. The molecular weight excluding hydrogens is 336 g/mol. The van der Waals surface area contributed by atoms with Gasteiger partial charge in [-0.3, -0.25) is 4.79 Å². The van der Waals surface area contributed by atoms with Crippen LogP contribution in [0.25, 0.3) is 0 Å². The normalized spacial score (nSPS) is 13.3. The van der Waals surface area contributed by atoms with Crippen LogP contribution in [0.5, 0.6) is 0 Å². The van der Waals surface area contributed by atoms with Crippen molar-refractivity contribution in [1.82, 2.24) is 10.0 Å². The van der Waals surface area contributed by atoms with Crippen LogP contribution in [-0.4, -0.2) is 19.9 Å². The molecule has 2 rings (SSSR count). The van der Waals surface area contributed by atoms with Crippen LogP contribution in [0.1, 0.15) is 49.7 Å². The fourth-order valence-corrected chi connectivity index (χ4v) is 3.84. The maximum Gasteiger partial charge on any atom is 0.251 e. The average Bonchev–Trinajstić information content (AvgIpc) is 2.53. The number of benzene rings is 2. The molecular formula is C19H24N2O3S. The third-order valence-corrected chi connectivity index (χ3v) is 5.25. The van der Waals surface area contributed by atoms with Crippen molar-refractivity contribution in [2.75, 3.05) is 0 Å². The number of rotatable bonds is 5. The molecule has 0 aliphatic heterocycles. The lowest BCUT2D eigenvalue weighted by molar-refractivity contribution is 0.0939. The van der Waals surface area contributed by atoms with Crippen LogP contribution in [0, 0.1) is 0 Å². The topological polar surface area (TPSA) is 75.3 Å². The first-order chi connectivity index (χ1) is 11.6. The summed E-state index contributed by atoms with van der Waals surface area (Å²) < 4.78 is 27.4. The van der Waals surface area contributed by atoms with E-state index in [-0.39, 0.29) is 16.8 Å². The molecule has 0 radical (unpaired) electrons. The Kier molecular flexibility index (Phi) is 5.65. The highest BCUT2D eigenvalue weighted by atomic mass is 32.2. The number of carbonyl (C=O) groups excluding carboxylic acids is 1. The zero-order valence-electron chi connectivity index (χ0n) is 14.9. The van der Waals surface area contributed by atoms with Crippen molar-refractivity contribution in [1.29, 1.82) is 0 Å². The van der Waals surface area contributed by atoms with Gasteiger partial charge >= 0.3 is 0 Å². The Morgan fingerprint density at radius 3 is 2.24 bits per heavy atom. The summed E-state index contributed by atoms with van der Waals surface area (Å²) in [5, 5.41) is 2.89. The molecule has 0 heterocycles. The van der Waals surface area contributed by atoms with Crippen molar-refractivity contribution in [2.24, 2.45) is 0 Å². The molecule has 0 saturated carbocycles. The van der Waals surface area contributed by atoms with Gasteiger partial charge in [0.15, 0.2) is 0 Å². The minimum Gasteiger partial charge on any atom is -0.346 e. The van der Waals surface area contributed by atoms with Gasteiger partial charge in [-0.25, -0.2) is 13.1 Å². The number of carbonyl (C=O) groups is 1. The van der Waals surface area contributed by atoms with Crippen molar-refractivity contribution < 1.29 is 13.2 Å². The Hall–Kier alpha value is -2.18. The summed E-state index contributed by atoms with van der Waals surface area (Å²) in [7, 11) is -3.68. The fraction of sp³-hybridized carbons (Fsp3) is 0.316. The predicted octanol–water partition coefficient (Wildman–Crippen LogP) is 3.25. The Morgan fingerprint density at radius 1 is 1.00 bits per heavy atom. The average molecular weight is 360 g/mol. The predicted molar refractivity (Wildman–Crippen MR) is 98.8 cm³/mol. The summed E-state index contributed by atoms with van der Waals surface area (Å²) in [5.74, 6) is -0.316. The second kappa shape index (κ2) is 7.37. The van der Waals surface area contributed by atoms with E-state index in [9.17, 15) is 13.2 Å². The van der Waals surface area contributed by atoms with E-state index >= 15 is 0 Å². The minimum absolute atomic E-state index is 0.0717. The van der Waals surface area contributed by atoms with E-state index in [2.05, 4.69) is 10.0 Å². The van der Waals surface area contributed by atoms with E-state index in [0.717, 1.165) is 5.56 Å². The number of nitrogens with one attached hydrogen (secondary N) is 2. The maximum atomic E-state index is 12.5. The van der Waals surface area contributed by atoms with E-state index in [1.807, 2.05) is 37.3 Å². The van der Waals surface area contributed by atoms with Gasteiger partial charge in [0.2, 0.25) is 10.0 Å². The van der Waals surface area contributed by atoms with Crippen molar-refractivity contribution in [3.63, 3.8) is 0 Å². The molecule has 0 aliphatic carbocycles. The SMILES string of the molecule is C[C@H](NC(=O)c1cccc(S(=O)(=O)NC(C)(C)C)c1)c1ccccc1. The summed E-state index contributed by atoms with van der Waals surface area (Å²) in [5.41, 5.74) is 0.687. The molecule has 0 aliphatic rings. The lowest BCUT2D eigenvalue weighted by Crippen LogP contribution is -2.40. The molecule has 6 heteroatoms. The van der Waals surface area contributed by atoms with E-state index in [4.69, 9.17) is 0 Å². The van der Waals surface area contributed by atoms with Crippen LogP contribution >= 0.6 is 0 Å². The van der Waals surface area contributed by atoms with Crippen molar-refractivity contribution >= 4 is 15.9 Å². The lowest BCUT2D eigenvalue weighted by atomic mass is 10.1. The molecule has 0 fully saturated rings. The highest BCUT2D eigenvalue weighted by molar-refractivity contribution is 7.89. The molecule has 2 aromatic carbocycles. The summed E-state index contributed by atoms with van der Waals surface area (Å²) >= 11 is 0. The number of hydrogen-bond acceptors (Lipinski definition) is 3. The smallest absolute Gasteiger partial charge is 0.251 e. The minimum atomic E-state index is -3.68. The third-order valence-electron chi connectivity index (χ3n) is 3.49. The van der Waals surface area contributed by atoms with Gasteiger partial charge in [0.1, 0.15) is 0 Å². The molecule has 2 aromatic rings. The van der Waals surface area contributed by atoms with Crippen molar-refractivity contribution in [2.45, 2.75) is 44.2 Å². The van der Waals surface area contributed by atoms with E-state index < -0.39 is 15.6 Å². The first kappa shape index (κ1) is 19.1. The second-order valence-corrected chi connectivity index (χ2v) is 8.67. The molecule has 1 amide bonds. The Balaban J connectivity index is 2.19. The standard InChI is InChI=1S/C19H24N2O3S/c1-14(15-9-6-5-7-10-15)20-18(22)16-11-8-12-17(13-16)25(23,24)21-19(2,3)4/h5-14,21H,1-4H3,(H,20,22)/t14-/m0/s1. The van der Waals surface area contributed by atoms with Crippen LogP contribution in [0.4, 0.5) is 0 Å². The van der Waals surface area contributed by atoms with E-state index in [1.165, 1.54) is 12.1 Å². The van der Waals surface area contributed by atoms with Crippen LogP contribution in [0.3, 0.4) is 0 Å². The quantitative estimate of drug-likeness (QED) is 0.859. The largest absolute Gasteiger partial charge is 0.346 e. The highest BCUT2D eigenvalue weighted by Crippen LogP contribution is 2.16. The number of sulfonamides is 1. The molecule has 1 atom stereocenters. The molecule has 5 nitrogen and oxygen atoms in total. The first-order valence-corrected chi connectivity index (χ1v) is 9.57. The van der Waals surface area contributed by atoms with Gasteiger partial charge < -0.3 is 5.32 Å². The summed E-state index contributed by atoms with van der Waals surface area (Å²) in [6.45, 7) is 7.18. The third kappa shape index (κ3) is 5.41. The molecule has 2 N–H and O–H groups in total. The van der Waals surface area contributed by atoms with Crippen LogP contribution < -0.4 is 10.0 Å². The Labute approximate surface area is 149 Å². The first-order valence-electron chi connectivity index (χ1n) is 8.08. The van der Waals surface area contributed by atoms with Gasteiger partial charge in [-0.15, -0.1) is 0 Å². The van der Waals surface area contributed by atoms with Crippen LogP contribution in [0.2, 0.25) is 0 Å². The zero-order valence-corrected chi connectivity index (χ0v) is 15.7. The molecule has 0 aromatic heterocycles. The van der Waals surface area contributed by atoms with Gasteiger partial charge in [-0.2, -0.15) is 0 Å². The van der Waals surface area contributed by atoms with Gasteiger partial charge in [0, 0.05) is 11.1 Å². The molecule has 25 heavy (non-hydrogen) atoms. The molecule has 0 spiro atoms. The Morgan fingerprint density at radius 2 is 1.64 bits per heavy atom. The van der Waals surface area contributed by atoms with Gasteiger partial charge in [-0.1, -0.05) is 36.4 Å². The molecule has 0 saturated heterocycles. The highest BCUT2D eigenvalue weighted by Gasteiger charge is 2.23. The van der Waals surface area contributed by atoms with E-state index in [0.29, 0.717) is 5.56 Å². The Bertz CT molecular complexity index is 840. The molecule has 0 bridgehead atoms. The monoisotopic (exact) mass is 360 g/mol. The maximum absolute atomic E-state index is 12.5. The van der Waals surface area contributed by atoms with Crippen molar-refractivity contribution in [3.8, 4) is 0 Å². The number of hydrogen-bond donors (Lipinski definition) is 2. The molecule has 0 unspecified atom stereocenters. The zero-order chi connectivity index (χ0) is 18.7. The summed E-state index contributed by atoms with van der Waals surface area (Å²) in [4.78, 5) is 12.5. The molecule has 134 valence electrons. The van der Waals surface area contributed by atoms with E-state index in [1.54, 1.807) is 32.9 Å². The van der Waals surface area contributed by atoms with Crippen LogP contribution in [-0.2, 0) is 10.0 Å². The van der Waals surface area contributed by atoms with Crippen LogP contribution in [0.15, 0.2) is 59.5 Å². The van der Waals surface area contributed by atoms with Crippen molar-refractivity contribution in [3.05, 3.63) is 65.7 Å². The lowest BCUT2D eigenvalue weighted by Gasteiger charge is -2.20. The summed E-state index contributed by atoms with van der Waals surface area (Å²) in [6, 6.07) is 15.4. The fourth-order valence-electron chi connectivity index (χ4n) is 2.37.